The van der Waals surface area contributed by atoms with Crippen LogP contribution in [0.3, 0.4) is 0 Å². The number of aryl methyl sites for hydroxylation is 1. The van der Waals surface area contributed by atoms with E-state index < -0.39 is 0 Å². The van der Waals surface area contributed by atoms with Gasteiger partial charge in [0, 0.05) is 23.5 Å². The fourth-order valence-electron chi connectivity index (χ4n) is 2.06. The fraction of sp³-hybridized carbons (Fsp3) is 0.0625. The topological polar surface area (TPSA) is 38.7 Å². The van der Waals surface area contributed by atoms with Crippen molar-refractivity contribution < 1.29 is 0 Å². The van der Waals surface area contributed by atoms with Gasteiger partial charge in [0.2, 0.25) is 0 Å². The molecule has 0 unspecified atom stereocenters. The molecule has 0 radical (unpaired) electrons. The van der Waals surface area contributed by atoms with Crippen molar-refractivity contribution in [3.05, 3.63) is 66.7 Å². The number of nitrogens with zero attached hydrogens (tertiary/aromatic N) is 3. The van der Waals surface area contributed by atoms with E-state index in [9.17, 15) is 0 Å². The van der Waals surface area contributed by atoms with Crippen molar-refractivity contribution >= 4 is 0 Å². The van der Waals surface area contributed by atoms with Crippen molar-refractivity contribution in [3.63, 3.8) is 0 Å². The zero-order valence-corrected chi connectivity index (χ0v) is 10.6. The van der Waals surface area contributed by atoms with Gasteiger partial charge < -0.3 is 0 Å². The first-order valence-corrected chi connectivity index (χ1v) is 6.15. The molecule has 3 heteroatoms. The Morgan fingerprint density at radius 1 is 0.684 bits per heavy atom. The van der Waals surface area contributed by atoms with Crippen LogP contribution in [0.15, 0.2) is 60.9 Å². The van der Waals surface area contributed by atoms with E-state index in [1.165, 1.54) is 0 Å². The molecular formula is C16H13N3. The lowest BCUT2D eigenvalue weighted by atomic mass is 10.0. The van der Waals surface area contributed by atoms with Crippen LogP contribution in [0.5, 0.6) is 0 Å². The number of hydrogen-bond acceptors (Lipinski definition) is 3. The van der Waals surface area contributed by atoms with Crippen LogP contribution in [0.2, 0.25) is 0 Å². The monoisotopic (exact) mass is 247 g/mol. The van der Waals surface area contributed by atoms with Crippen LogP contribution in [0, 0.1) is 6.92 Å². The van der Waals surface area contributed by atoms with Gasteiger partial charge in [-0.05, 0) is 25.1 Å². The van der Waals surface area contributed by atoms with E-state index in [2.05, 4.69) is 27.1 Å². The van der Waals surface area contributed by atoms with Gasteiger partial charge in [-0.3, -0.25) is 4.98 Å². The summed E-state index contributed by atoms with van der Waals surface area (Å²) in [5.41, 5.74) is 4.04. The van der Waals surface area contributed by atoms with Gasteiger partial charge in [-0.1, -0.05) is 30.3 Å². The zero-order chi connectivity index (χ0) is 13.1. The molecule has 0 spiro atoms. The summed E-state index contributed by atoms with van der Waals surface area (Å²) in [5.74, 6) is 0.772. The second-order valence-electron chi connectivity index (χ2n) is 4.25. The van der Waals surface area contributed by atoms with Crippen molar-refractivity contribution in [3.8, 4) is 22.5 Å². The van der Waals surface area contributed by atoms with Crippen molar-refractivity contribution in [2.45, 2.75) is 6.92 Å². The minimum Gasteiger partial charge on any atom is -0.256 e. The number of pyridine rings is 1. The molecule has 0 amide bonds. The molecule has 0 aliphatic carbocycles. The molecule has 0 aliphatic rings. The summed E-state index contributed by atoms with van der Waals surface area (Å²) in [7, 11) is 0. The minimum absolute atomic E-state index is 0.772. The highest BCUT2D eigenvalue weighted by atomic mass is 14.9. The van der Waals surface area contributed by atoms with Crippen molar-refractivity contribution in [1.29, 1.82) is 0 Å². The Morgan fingerprint density at radius 2 is 1.42 bits per heavy atom. The first-order chi connectivity index (χ1) is 9.34. The van der Waals surface area contributed by atoms with Gasteiger partial charge in [-0.2, -0.15) is 0 Å². The molecule has 0 aliphatic heterocycles. The Hall–Kier alpha value is -2.55. The molecule has 0 bridgehead atoms. The van der Waals surface area contributed by atoms with E-state index in [-0.39, 0.29) is 0 Å². The normalized spacial score (nSPS) is 10.4. The van der Waals surface area contributed by atoms with Crippen molar-refractivity contribution in [1.82, 2.24) is 15.0 Å². The molecule has 0 N–H and O–H groups in total. The average Bonchev–Trinajstić information content (AvgIpc) is 2.48. The van der Waals surface area contributed by atoms with Crippen molar-refractivity contribution in [2.75, 3.05) is 0 Å². The van der Waals surface area contributed by atoms with Crippen LogP contribution < -0.4 is 0 Å². The maximum atomic E-state index is 4.49. The smallest absolute Gasteiger partial charge is 0.125 e. The highest BCUT2D eigenvalue weighted by Crippen LogP contribution is 2.29. The highest BCUT2D eigenvalue weighted by Gasteiger charge is 2.08. The van der Waals surface area contributed by atoms with Crippen LogP contribution >= 0.6 is 0 Å². The predicted octanol–water partition coefficient (Wildman–Crippen LogP) is 3.51. The summed E-state index contributed by atoms with van der Waals surface area (Å²) in [6.45, 7) is 1.90. The summed E-state index contributed by atoms with van der Waals surface area (Å²) >= 11 is 0. The SMILES string of the molecule is Cc1nccc(-c2ccccc2-c2ccccn2)n1. The van der Waals surface area contributed by atoms with Crippen LogP contribution in [-0.4, -0.2) is 15.0 Å². The zero-order valence-electron chi connectivity index (χ0n) is 10.6. The summed E-state index contributed by atoms with van der Waals surface area (Å²) < 4.78 is 0. The second-order valence-corrected chi connectivity index (χ2v) is 4.25. The lowest BCUT2D eigenvalue weighted by Gasteiger charge is -2.08. The molecule has 0 atom stereocenters. The molecule has 2 aromatic heterocycles. The Kier molecular flexibility index (Phi) is 3.02. The summed E-state index contributed by atoms with van der Waals surface area (Å²) in [5, 5.41) is 0. The molecule has 3 aromatic rings. The number of rotatable bonds is 2. The van der Waals surface area contributed by atoms with E-state index in [1.54, 1.807) is 12.4 Å². The molecule has 2 heterocycles. The molecule has 0 saturated heterocycles. The van der Waals surface area contributed by atoms with Crippen molar-refractivity contribution in [2.24, 2.45) is 0 Å². The lowest BCUT2D eigenvalue weighted by Crippen LogP contribution is -1.92. The van der Waals surface area contributed by atoms with Gasteiger partial charge in [-0.15, -0.1) is 0 Å². The van der Waals surface area contributed by atoms with Gasteiger partial charge in [-0.25, -0.2) is 9.97 Å². The lowest BCUT2D eigenvalue weighted by molar-refractivity contribution is 1.06. The maximum Gasteiger partial charge on any atom is 0.125 e. The van der Waals surface area contributed by atoms with Gasteiger partial charge in [0.1, 0.15) is 5.82 Å². The molecule has 3 rings (SSSR count). The van der Waals surface area contributed by atoms with E-state index in [0.29, 0.717) is 0 Å². The number of benzene rings is 1. The molecule has 0 fully saturated rings. The van der Waals surface area contributed by atoms with E-state index in [4.69, 9.17) is 0 Å². The van der Waals surface area contributed by atoms with E-state index in [0.717, 1.165) is 28.3 Å². The summed E-state index contributed by atoms with van der Waals surface area (Å²) in [4.78, 5) is 13.0. The Balaban J connectivity index is 2.18. The molecule has 1 aromatic carbocycles. The standard InChI is InChI=1S/C16H13N3/c1-12-17-11-9-16(19-12)14-7-3-2-6-13(14)15-8-4-5-10-18-15/h2-11H,1H3. The van der Waals surface area contributed by atoms with E-state index in [1.807, 2.05) is 43.3 Å². The average molecular weight is 247 g/mol. The Morgan fingerprint density at radius 3 is 2.11 bits per heavy atom. The van der Waals surface area contributed by atoms with Crippen LogP contribution in [0.25, 0.3) is 22.5 Å². The third kappa shape index (κ3) is 2.36. The summed E-state index contributed by atoms with van der Waals surface area (Å²) in [6, 6.07) is 16.0. The molecule has 3 nitrogen and oxygen atoms in total. The van der Waals surface area contributed by atoms with E-state index >= 15 is 0 Å². The van der Waals surface area contributed by atoms with Gasteiger partial charge >= 0.3 is 0 Å². The fourth-order valence-corrected chi connectivity index (χ4v) is 2.06. The Bertz CT molecular complexity index is 693. The largest absolute Gasteiger partial charge is 0.256 e. The van der Waals surface area contributed by atoms with Gasteiger partial charge in [0.15, 0.2) is 0 Å². The van der Waals surface area contributed by atoms with Crippen LogP contribution in [0.1, 0.15) is 5.82 Å². The molecule has 92 valence electrons. The first-order valence-electron chi connectivity index (χ1n) is 6.15. The molecule has 0 saturated carbocycles. The second kappa shape index (κ2) is 4.98. The highest BCUT2D eigenvalue weighted by molar-refractivity contribution is 5.79. The predicted molar refractivity (Wildman–Crippen MR) is 75.4 cm³/mol. The summed E-state index contributed by atoms with van der Waals surface area (Å²) in [6.07, 6.45) is 3.59. The Labute approximate surface area is 112 Å². The first kappa shape index (κ1) is 11.5. The van der Waals surface area contributed by atoms with Gasteiger partial charge in [0.05, 0.1) is 11.4 Å². The minimum atomic E-state index is 0.772. The van der Waals surface area contributed by atoms with Crippen LogP contribution in [-0.2, 0) is 0 Å². The maximum absolute atomic E-state index is 4.49. The molecule has 19 heavy (non-hydrogen) atoms. The number of aromatic nitrogens is 3. The number of hydrogen-bond donors (Lipinski definition) is 0. The van der Waals surface area contributed by atoms with Crippen LogP contribution in [0.4, 0.5) is 0 Å². The molecular weight excluding hydrogens is 234 g/mol. The quantitative estimate of drug-likeness (QED) is 0.695. The third-order valence-electron chi connectivity index (χ3n) is 2.92. The van der Waals surface area contributed by atoms with Gasteiger partial charge in [0.25, 0.3) is 0 Å². The third-order valence-corrected chi connectivity index (χ3v) is 2.92.